The van der Waals surface area contributed by atoms with Crippen molar-refractivity contribution in [3.63, 3.8) is 0 Å². The van der Waals surface area contributed by atoms with Gasteiger partial charge in [0.15, 0.2) is 0 Å². The minimum Gasteiger partial charge on any atom is -0.465 e. The van der Waals surface area contributed by atoms with Gasteiger partial charge in [0.25, 0.3) is 0 Å². The number of ether oxygens (including phenoxy) is 2. The number of nitrogens with zero attached hydrogens (tertiary/aromatic N) is 4. The summed E-state index contributed by atoms with van der Waals surface area (Å²) in [7, 11) is 7.08. The van der Waals surface area contributed by atoms with Crippen molar-refractivity contribution in [2.45, 2.75) is 77.0 Å². The summed E-state index contributed by atoms with van der Waals surface area (Å²) in [5, 5.41) is 0. The normalized spacial score (nSPS) is 15.0. The van der Waals surface area contributed by atoms with Crippen molar-refractivity contribution in [2.24, 2.45) is 0 Å². The van der Waals surface area contributed by atoms with Crippen molar-refractivity contribution >= 4 is 34.7 Å². The van der Waals surface area contributed by atoms with Crippen LogP contribution in [0.15, 0.2) is 122 Å². The van der Waals surface area contributed by atoms with Crippen LogP contribution in [-0.4, -0.2) is 50.2 Å². The number of hydrogen-bond donors (Lipinski definition) is 0. The van der Waals surface area contributed by atoms with Gasteiger partial charge in [-0.25, -0.2) is 9.59 Å². The van der Waals surface area contributed by atoms with Crippen LogP contribution in [0.3, 0.4) is 0 Å². The highest BCUT2D eigenvalue weighted by atomic mass is 16.5. The molecule has 2 aromatic heterocycles. The van der Waals surface area contributed by atoms with Crippen LogP contribution in [0.5, 0.6) is 0 Å². The number of aryl methyl sites for hydroxylation is 6. The molecule has 2 heterocycles. The summed E-state index contributed by atoms with van der Waals surface area (Å²) in [5.41, 5.74) is 16.3. The number of rotatable bonds is 12. The lowest BCUT2D eigenvalue weighted by atomic mass is 9.93. The minimum atomic E-state index is -0.289. The summed E-state index contributed by atoms with van der Waals surface area (Å²) in [6.45, 7) is 4.22. The molecule has 0 bridgehead atoms. The highest BCUT2D eigenvalue weighted by Crippen LogP contribution is 2.40. The first-order valence-electron chi connectivity index (χ1n) is 21.0. The van der Waals surface area contributed by atoms with Crippen LogP contribution < -0.4 is 9.80 Å². The number of carbonyl (C=O) groups excluding carboxylic acids is 2. The number of hydrogen-bond acceptors (Lipinski definition) is 8. The van der Waals surface area contributed by atoms with Crippen LogP contribution in [0.2, 0.25) is 0 Å². The zero-order chi connectivity index (χ0) is 42.2. The Bertz CT molecular complexity index is 2260. The first-order valence-corrected chi connectivity index (χ1v) is 21.0. The number of methoxy groups -OCH3 is 2. The highest BCUT2D eigenvalue weighted by molar-refractivity contribution is 5.91. The molecule has 8 nitrogen and oxygen atoms in total. The van der Waals surface area contributed by atoms with Gasteiger partial charge in [-0.2, -0.15) is 0 Å². The molecular formula is C52H56N4O4. The fourth-order valence-corrected chi connectivity index (χ4v) is 8.77. The Morgan fingerprint density at radius 1 is 0.567 bits per heavy atom. The van der Waals surface area contributed by atoms with E-state index in [0.29, 0.717) is 23.0 Å². The molecule has 6 aromatic rings. The van der Waals surface area contributed by atoms with Crippen LogP contribution in [0.1, 0.15) is 103 Å². The van der Waals surface area contributed by atoms with E-state index in [1.165, 1.54) is 70.3 Å². The van der Waals surface area contributed by atoms with Gasteiger partial charge in [0.05, 0.1) is 25.3 Å². The maximum Gasteiger partial charge on any atom is 0.338 e. The number of pyridine rings is 2. The second-order valence-corrected chi connectivity index (χ2v) is 16.2. The fourth-order valence-electron chi connectivity index (χ4n) is 8.77. The van der Waals surface area contributed by atoms with E-state index in [-0.39, 0.29) is 11.9 Å². The Balaban J connectivity index is 0.000000181. The standard InChI is InChI=1S/2C26H28N2O2/c2*1-18-4-10-22(11-5-18)28(2)23-12-13-24-19(6-8-20(24)16-23)7-9-21-17-27-15-14-25(21)26(29)30-3/h2*4-5,10-17,19H,6-9H2,1-3H3/t2*19-/m10/s1. The third-order valence-electron chi connectivity index (χ3n) is 12.4. The van der Waals surface area contributed by atoms with Gasteiger partial charge in [0, 0.05) is 61.6 Å². The lowest BCUT2D eigenvalue weighted by Crippen LogP contribution is -2.10. The zero-order valence-corrected chi connectivity index (χ0v) is 35.8. The summed E-state index contributed by atoms with van der Waals surface area (Å²) in [6.07, 6.45) is 15.1. The predicted molar refractivity (Wildman–Crippen MR) is 241 cm³/mol. The van der Waals surface area contributed by atoms with Crippen molar-refractivity contribution in [2.75, 3.05) is 38.1 Å². The summed E-state index contributed by atoms with van der Waals surface area (Å²) >= 11 is 0. The molecule has 0 N–H and O–H groups in total. The molecule has 308 valence electrons. The Hall–Kier alpha value is -6.28. The molecule has 0 saturated heterocycles. The van der Waals surface area contributed by atoms with Crippen molar-refractivity contribution in [1.82, 2.24) is 9.97 Å². The quantitative estimate of drug-likeness (QED) is 0.113. The topological polar surface area (TPSA) is 84.9 Å². The molecule has 8 rings (SSSR count). The molecule has 0 fully saturated rings. The summed E-state index contributed by atoms with van der Waals surface area (Å²) in [5.74, 6) is 0.458. The average molecular weight is 801 g/mol. The lowest BCUT2D eigenvalue weighted by molar-refractivity contribution is 0.0590. The van der Waals surface area contributed by atoms with E-state index in [0.717, 1.165) is 62.5 Å². The summed E-state index contributed by atoms with van der Waals surface area (Å²) < 4.78 is 9.82. The van der Waals surface area contributed by atoms with E-state index < -0.39 is 0 Å². The van der Waals surface area contributed by atoms with E-state index in [2.05, 4.69) is 133 Å². The SMILES string of the molecule is COC(=O)c1ccncc1CC[C@@H]1CCc2cc(N(C)c3ccc(C)cc3)ccc21.COC(=O)c1ccncc1CC[C@H]1CCc2cc(N(C)c3ccc(C)cc3)ccc21. The molecule has 0 spiro atoms. The number of fused-ring (bicyclic) bond motifs is 2. The molecule has 2 aliphatic rings. The summed E-state index contributed by atoms with van der Waals surface area (Å²) in [4.78, 5) is 36.9. The molecule has 2 atom stereocenters. The highest BCUT2D eigenvalue weighted by Gasteiger charge is 2.26. The van der Waals surface area contributed by atoms with Crippen molar-refractivity contribution in [3.8, 4) is 0 Å². The Labute approximate surface area is 355 Å². The molecule has 0 saturated carbocycles. The fraction of sp³-hybridized carbons (Fsp3) is 0.308. The molecule has 0 radical (unpaired) electrons. The van der Waals surface area contributed by atoms with E-state index in [9.17, 15) is 9.59 Å². The van der Waals surface area contributed by atoms with Crippen molar-refractivity contribution < 1.29 is 19.1 Å². The van der Waals surface area contributed by atoms with E-state index in [1.807, 2.05) is 0 Å². The smallest absolute Gasteiger partial charge is 0.338 e. The summed E-state index contributed by atoms with van der Waals surface area (Å²) in [6, 6.07) is 34.4. The van der Waals surface area contributed by atoms with Crippen LogP contribution >= 0.6 is 0 Å². The predicted octanol–water partition coefficient (Wildman–Crippen LogP) is 11.2. The van der Waals surface area contributed by atoms with Gasteiger partial charge >= 0.3 is 11.9 Å². The number of aromatic nitrogens is 2. The maximum atomic E-state index is 12.0. The van der Waals surface area contributed by atoms with Crippen LogP contribution in [0, 0.1) is 13.8 Å². The molecule has 4 aromatic carbocycles. The van der Waals surface area contributed by atoms with Gasteiger partial charge in [-0.3, -0.25) is 9.97 Å². The molecule has 8 heteroatoms. The Morgan fingerprint density at radius 2 is 0.950 bits per heavy atom. The van der Waals surface area contributed by atoms with Gasteiger partial charge in [-0.15, -0.1) is 0 Å². The lowest BCUT2D eigenvalue weighted by Gasteiger charge is -2.21. The Morgan fingerprint density at radius 3 is 1.33 bits per heavy atom. The number of anilines is 4. The Kier molecular flexibility index (Phi) is 13.4. The average Bonchev–Trinajstić information content (AvgIpc) is 3.90. The monoisotopic (exact) mass is 800 g/mol. The first-order chi connectivity index (χ1) is 29.1. The largest absolute Gasteiger partial charge is 0.465 e. The third kappa shape index (κ3) is 9.60. The molecular weight excluding hydrogens is 745 g/mol. The second kappa shape index (κ2) is 19.2. The van der Waals surface area contributed by atoms with Gasteiger partial charge in [-0.1, -0.05) is 47.5 Å². The van der Waals surface area contributed by atoms with Gasteiger partial charge in [-0.05, 0) is 171 Å². The van der Waals surface area contributed by atoms with Crippen LogP contribution in [0.4, 0.5) is 22.7 Å². The van der Waals surface area contributed by atoms with E-state index in [1.54, 1.807) is 36.9 Å². The van der Waals surface area contributed by atoms with E-state index in [4.69, 9.17) is 9.47 Å². The number of esters is 2. The molecule has 2 aliphatic carbocycles. The van der Waals surface area contributed by atoms with Crippen LogP contribution in [-0.2, 0) is 35.2 Å². The van der Waals surface area contributed by atoms with Gasteiger partial charge < -0.3 is 19.3 Å². The number of carbonyl (C=O) groups is 2. The van der Waals surface area contributed by atoms with Crippen molar-refractivity contribution in [3.05, 3.63) is 177 Å². The molecule has 60 heavy (non-hydrogen) atoms. The molecule has 0 unspecified atom stereocenters. The van der Waals surface area contributed by atoms with Crippen molar-refractivity contribution in [1.29, 1.82) is 0 Å². The minimum absolute atomic E-state index is 0.289. The zero-order valence-electron chi connectivity index (χ0n) is 35.8. The third-order valence-corrected chi connectivity index (χ3v) is 12.4. The first kappa shape index (κ1) is 41.9. The van der Waals surface area contributed by atoms with Gasteiger partial charge in [0.2, 0.25) is 0 Å². The van der Waals surface area contributed by atoms with Gasteiger partial charge in [0.1, 0.15) is 0 Å². The van der Waals surface area contributed by atoms with E-state index >= 15 is 0 Å². The number of benzene rings is 4. The molecule has 0 aliphatic heterocycles. The molecule has 0 amide bonds. The maximum absolute atomic E-state index is 12.0. The second-order valence-electron chi connectivity index (χ2n) is 16.2. The van der Waals surface area contributed by atoms with Crippen LogP contribution in [0.25, 0.3) is 0 Å².